The number of rotatable bonds is 4. The molecule has 17 heavy (non-hydrogen) atoms. The van der Waals surface area contributed by atoms with Crippen LogP contribution in [0.15, 0.2) is 18.2 Å². The SMILES string of the molecule is COc1ccc(C(N)C(C)(C)C(=O)O)cc1F. The van der Waals surface area contributed by atoms with Crippen molar-refractivity contribution in [1.29, 1.82) is 0 Å². The Morgan fingerprint density at radius 2 is 2.12 bits per heavy atom. The molecule has 0 aliphatic heterocycles. The summed E-state index contributed by atoms with van der Waals surface area (Å²) in [6, 6.07) is 3.41. The average Bonchev–Trinajstić information content (AvgIpc) is 2.27. The van der Waals surface area contributed by atoms with Gasteiger partial charge in [-0.2, -0.15) is 0 Å². The van der Waals surface area contributed by atoms with Crippen molar-refractivity contribution in [2.45, 2.75) is 19.9 Å². The average molecular weight is 241 g/mol. The van der Waals surface area contributed by atoms with Crippen molar-refractivity contribution in [3.63, 3.8) is 0 Å². The summed E-state index contributed by atoms with van der Waals surface area (Å²) in [5.41, 5.74) is 5.11. The van der Waals surface area contributed by atoms with Gasteiger partial charge in [-0.1, -0.05) is 6.07 Å². The Labute approximate surface area is 99.2 Å². The lowest BCUT2D eigenvalue weighted by atomic mass is 9.81. The van der Waals surface area contributed by atoms with Crippen LogP contribution in [-0.4, -0.2) is 18.2 Å². The highest BCUT2D eigenvalue weighted by Gasteiger charge is 2.35. The van der Waals surface area contributed by atoms with Gasteiger partial charge < -0.3 is 15.6 Å². The number of hydrogen-bond acceptors (Lipinski definition) is 3. The number of carbonyl (C=O) groups is 1. The van der Waals surface area contributed by atoms with Gasteiger partial charge in [-0.15, -0.1) is 0 Å². The van der Waals surface area contributed by atoms with Crippen LogP contribution in [-0.2, 0) is 4.79 Å². The summed E-state index contributed by atoms with van der Waals surface area (Å²) < 4.78 is 18.3. The number of methoxy groups -OCH3 is 1. The molecule has 0 aromatic heterocycles. The van der Waals surface area contributed by atoms with Gasteiger partial charge in [0.1, 0.15) is 0 Å². The van der Waals surface area contributed by atoms with Gasteiger partial charge in [0.05, 0.1) is 12.5 Å². The molecular weight excluding hydrogens is 225 g/mol. The maximum absolute atomic E-state index is 13.5. The molecule has 0 amide bonds. The first-order chi connectivity index (χ1) is 7.80. The van der Waals surface area contributed by atoms with E-state index in [1.54, 1.807) is 6.07 Å². The van der Waals surface area contributed by atoms with E-state index < -0.39 is 23.2 Å². The Morgan fingerprint density at radius 3 is 2.53 bits per heavy atom. The molecule has 0 bridgehead atoms. The van der Waals surface area contributed by atoms with Gasteiger partial charge in [-0.25, -0.2) is 4.39 Å². The zero-order valence-corrected chi connectivity index (χ0v) is 10.0. The first-order valence-electron chi connectivity index (χ1n) is 5.13. The third-order valence-electron chi connectivity index (χ3n) is 2.86. The van der Waals surface area contributed by atoms with E-state index >= 15 is 0 Å². The standard InChI is InChI=1S/C12H16FNO3/c1-12(2,11(15)16)10(14)7-4-5-9(17-3)8(13)6-7/h4-6,10H,14H2,1-3H3,(H,15,16). The number of carboxylic acid groups (broad SMARTS) is 1. The maximum atomic E-state index is 13.5. The minimum atomic E-state index is -1.17. The highest BCUT2D eigenvalue weighted by molar-refractivity contribution is 5.75. The minimum absolute atomic E-state index is 0.106. The van der Waals surface area contributed by atoms with Crippen molar-refractivity contribution >= 4 is 5.97 Å². The van der Waals surface area contributed by atoms with E-state index in [-0.39, 0.29) is 5.75 Å². The first kappa shape index (κ1) is 13.4. The van der Waals surface area contributed by atoms with E-state index in [2.05, 4.69) is 0 Å². The van der Waals surface area contributed by atoms with Crippen molar-refractivity contribution in [1.82, 2.24) is 0 Å². The Hall–Kier alpha value is -1.62. The fourth-order valence-electron chi connectivity index (χ4n) is 1.43. The molecule has 0 heterocycles. The molecule has 94 valence electrons. The predicted molar refractivity (Wildman–Crippen MR) is 61.3 cm³/mol. The number of ether oxygens (including phenoxy) is 1. The topological polar surface area (TPSA) is 72.5 Å². The lowest BCUT2D eigenvalue weighted by molar-refractivity contribution is -0.148. The van der Waals surface area contributed by atoms with Gasteiger partial charge in [-0.05, 0) is 31.5 Å². The van der Waals surface area contributed by atoms with Gasteiger partial charge in [-0.3, -0.25) is 4.79 Å². The predicted octanol–water partition coefficient (Wildman–Crippen LogP) is 1.94. The smallest absolute Gasteiger partial charge is 0.311 e. The summed E-state index contributed by atoms with van der Waals surface area (Å²) in [7, 11) is 1.36. The molecular formula is C12H16FNO3. The van der Waals surface area contributed by atoms with Gasteiger partial charge in [0.2, 0.25) is 0 Å². The molecule has 0 aliphatic rings. The maximum Gasteiger partial charge on any atom is 0.311 e. The third-order valence-corrected chi connectivity index (χ3v) is 2.86. The highest BCUT2D eigenvalue weighted by atomic mass is 19.1. The van der Waals surface area contributed by atoms with Gasteiger partial charge in [0.15, 0.2) is 11.6 Å². The number of hydrogen-bond donors (Lipinski definition) is 2. The van der Waals surface area contributed by atoms with Crippen molar-refractivity contribution in [3.8, 4) is 5.75 Å². The molecule has 0 saturated carbocycles. The second-order valence-corrected chi connectivity index (χ2v) is 4.40. The highest BCUT2D eigenvalue weighted by Crippen LogP contribution is 2.33. The number of benzene rings is 1. The van der Waals surface area contributed by atoms with Crippen LogP contribution in [0.4, 0.5) is 4.39 Å². The quantitative estimate of drug-likeness (QED) is 0.845. The van der Waals surface area contributed by atoms with Gasteiger partial charge in [0, 0.05) is 6.04 Å². The Kier molecular flexibility index (Phi) is 3.72. The Balaban J connectivity index is 3.09. The Morgan fingerprint density at radius 1 is 1.53 bits per heavy atom. The molecule has 0 fully saturated rings. The Bertz CT molecular complexity index is 432. The van der Waals surface area contributed by atoms with Crippen molar-refractivity contribution in [3.05, 3.63) is 29.6 Å². The third kappa shape index (κ3) is 2.55. The molecule has 5 heteroatoms. The van der Waals surface area contributed by atoms with E-state index in [9.17, 15) is 9.18 Å². The van der Waals surface area contributed by atoms with Gasteiger partial charge >= 0.3 is 5.97 Å². The monoisotopic (exact) mass is 241 g/mol. The molecule has 0 radical (unpaired) electrons. The van der Waals surface area contributed by atoms with Crippen molar-refractivity contribution in [2.75, 3.05) is 7.11 Å². The van der Waals surface area contributed by atoms with Crippen LogP contribution in [0, 0.1) is 11.2 Å². The van der Waals surface area contributed by atoms with Crippen LogP contribution in [0.25, 0.3) is 0 Å². The molecule has 1 atom stereocenters. The summed E-state index contributed by atoms with van der Waals surface area (Å²) in [6.07, 6.45) is 0. The van der Waals surface area contributed by atoms with Crippen LogP contribution >= 0.6 is 0 Å². The van der Waals surface area contributed by atoms with E-state index in [1.807, 2.05) is 0 Å². The van der Waals surface area contributed by atoms with E-state index in [0.717, 1.165) is 0 Å². The molecule has 1 unspecified atom stereocenters. The zero-order chi connectivity index (χ0) is 13.2. The molecule has 0 spiro atoms. The lowest BCUT2D eigenvalue weighted by Crippen LogP contribution is -2.36. The van der Waals surface area contributed by atoms with Crippen LogP contribution in [0.3, 0.4) is 0 Å². The van der Waals surface area contributed by atoms with E-state index in [0.29, 0.717) is 5.56 Å². The number of carboxylic acids is 1. The van der Waals surface area contributed by atoms with Crippen molar-refractivity contribution in [2.24, 2.45) is 11.1 Å². The molecule has 3 N–H and O–H groups in total. The van der Waals surface area contributed by atoms with Crippen molar-refractivity contribution < 1.29 is 19.0 Å². The minimum Gasteiger partial charge on any atom is -0.494 e. The van der Waals surface area contributed by atoms with Gasteiger partial charge in [0.25, 0.3) is 0 Å². The van der Waals surface area contributed by atoms with Crippen LogP contribution < -0.4 is 10.5 Å². The molecule has 1 aromatic rings. The number of nitrogens with two attached hydrogens (primary N) is 1. The molecule has 1 rings (SSSR count). The molecule has 0 aliphatic carbocycles. The van der Waals surface area contributed by atoms with Crippen LogP contribution in [0.1, 0.15) is 25.5 Å². The zero-order valence-electron chi connectivity index (χ0n) is 10.0. The number of halogens is 1. The summed E-state index contributed by atoms with van der Waals surface area (Å²) in [6.45, 7) is 3.00. The second kappa shape index (κ2) is 4.71. The molecule has 0 saturated heterocycles. The summed E-state index contributed by atoms with van der Waals surface area (Å²) in [5, 5.41) is 9.04. The first-order valence-corrected chi connectivity index (χ1v) is 5.13. The summed E-state index contributed by atoms with van der Waals surface area (Å²) >= 11 is 0. The van der Waals surface area contributed by atoms with E-state index in [4.69, 9.17) is 15.6 Å². The second-order valence-electron chi connectivity index (χ2n) is 4.40. The molecule has 1 aromatic carbocycles. The number of aliphatic carboxylic acids is 1. The normalized spacial score (nSPS) is 13.2. The molecule has 4 nitrogen and oxygen atoms in total. The van der Waals surface area contributed by atoms with Crippen LogP contribution in [0.2, 0.25) is 0 Å². The largest absolute Gasteiger partial charge is 0.494 e. The summed E-state index contributed by atoms with van der Waals surface area (Å²) in [4.78, 5) is 11.0. The summed E-state index contributed by atoms with van der Waals surface area (Å²) in [5.74, 6) is -1.48. The fourth-order valence-corrected chi connectivity index (χ4v) is 1.43. The van der Waals surface area contributed by atoms with Crippen LogP contribution in [0.5, 0.6) is 5.75 Å². The van der Waals surface area contributed by atoms with E-state index in [1.165, 1.54) is 33.1 Å². The lowest BCUT2D eigenvalue weighted by Gasteiger charge is -2.27. The fraction of sp³-hybridized carbons (Fsp3) is 0.417.